The van der Waals surface area contributed by atoms with E-state index in [1.54, 1.807) is 0 Å². The predicted octanol–water partition coefficient (Wildman–Crippen LogP) is 30.9. The molecule has 27 rings (SSSR count). The van der Waals surface area contributed by atoms with Crippen molar-refractivity contribution in [1.29, 1.82) is 0 Å². The van der Waals surface area contributed by atoms with Crippen LogP contribution in [0.5, 0.6) is 69.0 Å². The molecular weight excluding hydrogens is 1770 g/mol. The molecule has 0 radical (unpaired) electrons. The molecule has 0 unspecified atom stereocenters. The van der Waals surface area contributed by atoms with Crippen LogP contribution in [0.2, 0.25) is 0 Å². The Bertz CT molecular complexity index is 8420. The first kappa shape index (κ1) is 91.2. The van der Waals surface area contributed by atoms with Crippen LogP contribution in [0.3, 0.4) is 0 Å². The van der Waals surface area contributed by atoms with Gasteiger partial charge >= 0.3 is 0 Å². The Balaban J connectivity index is 0.000000116. The third-order valence-electron chi connectivity index (χ3n) is 32.1. The second kappa shape index (κ2) is 34.9. The molecule has 0 saturated heterocycles. The highest BCUT2D eigenvalue weighted by Crippen LogP contribution is 2.48. The molecule has 0 amide bonds. The van der Waals surface area contributed by atoms with Gasteiger partial charge in [-0.05, 0) is 305 Å². The Morgan fingerprint density at radius 2 is 0.345 bits per heavy atom. The van der Waals surface area contributed by atoms with E-state index in [1.807, 2.05) is 24.3 Å². The summed E-state index contributed by atoms with van der Waals surface area (Å²) in [5.74, 6) is 15.1. The average Bonchev–Trinajstić information content (AvgIpc) is 1.70. The second-order valence-corrected chi connectivity index (χ2v) is 44.5. The molecule has 21 aromatic rings. The van der Waals surface area contributed by atoms with Gasteiger partial charge < -0.3 is 46.7 Å². The lowest BCUT2D eigenvalue weighted by atomic mass is 9.34. The maximum Gasteiger partial charge on any atom is 0.260 e. The molecule has 0 spiro atoms. The lowest BCUT2D eigenvalue weighted by Gasteiger charge is -2.34. The molecule has 10 nitrogen and oxygen atoms in total. The van der Waals surface area contributed by atoms with Gasteiger partial charge in [0.25, 0.3) is 20.1 Å². The highest BCUT2D eigenvalue weighted by Gasteiger charge is 2.45. The molecule has 0 atom stereocenters. The summed E-state index contributed by atoms with van der Waals surface area (Å²) in [7, 11) is 0. The number of fused-ring (bicyclic) bond motifs is 24. The number of aromatic nitrogens is 4. The fourth-order valence-corrected chi connectivity index (χ4v) is 23.8. The van der Waals surface area contributed by atoms with Gasteiger partial charge in [-0.1, -0.05) is 260 Å². The number of hydrogen-bond donors (Lipinski definition) is 0. The van der Waals surface area contributed by atoms with Crippen LogP contribution >= 0.6 is 0 Å². The van der Waals surface area contributed by atoms with Crippen LogP contribution in [-0.2, 0) is 0 Å². The Morgan fingerprint density at radius 1 is 0.152 bits per heavy atom. The minimum atomic E-state index is -0.0301. The van der Waals surface area contributed by atoms with Crippen LogP contribution < -0.4 is 77.6 Å². The van der Waals surface area contributed by atoms with Crippen LogP contribution in [0.4, 0.5) is 0 Å². The van der Waals surface area contributed by atoms with Gasteiger partial charge in [0.2, 0.25) is 0 Å². The summed E-state index contributed by atoms with van der Waals surface area (Å²) < 4.78 is 49.8. The van der Waals surface area contributed by atoms with Gasteiger partial charge in [0.1, 0.15) is 69.0 Å². The van der Waals surface area contributed by atoms with Crippen molar-refractivity contribution >= 4 is 157 Å². The molecule has 0 N–H and O–H groups in total. The molecule has 0 saturated carbocycles. The fourth-order valence-electron chi connectivity index (χ4n) is 23.8. The number of hydrogen-bond acceptors (Lipinski definition) is 6. The van der Waals surface area contributed by atoms with Gasteiger partial charge in [-0.2, -0.15) is 0 Å². The topological polar surface area (TPSA) is 75.1 Å². The van der Waals surface area contributed by atoms with Crippen molar-refractivity contribution in [2.75, 3.05) is 0 Å². The maximum absolute atomic E-state index is 6.84. The Labute approximate surface area is 851 Å². The molecule has 6 aliphatic heterocycles. The molecule has 4 aromatic heterocycles. The second-order valence-electron chi connectivity index (χ2n) is 44.5. The zero-order valence-electron chi connectivity index (χ0n) is 86.7. The largest absolute Gasteiger partial charge is 0.458 e. The molecule has 0 bridgehead atoms. The Kier molecular flexibility index (Phi) is 21.9. The van der Waals surface area contributed by atoms with E-state index in [4.69, 9.17) is 28.4 Å². The summed E-state index contributed by atoms with van der Waals surface area (Å²) in [6, 6.07) is 115. The molecule has 0 fully saturated rings. The van der Waals surface area contributed by atoms with E-state index in [-0.39, 0.29) is 20.1 Å². The van der Waals surface area contributed by atoms with Gasteiger partial charge in [0.05, 0.1) is 49.8 Å². The molecule has 0 aliphatic carbocycles. The quantitative estimate of drug-likeness (QED) is 0.101. The molecule has 6 aliphatic rings. The number of nitrogens with zero attached hydrogens (tertiary/aromatic N) is 4. The summed E-state index contributed by atoms with van der Waals surface area (Å²) >= 11 is 0. The zero-order chi connectivity index (χ0) is 99.6. The van der Waals surface area contributed by atoms with Crippen molar-refractivity contribution in [2.45, 2.75) is 198 Å². The van der Waals surface area contributed by atoms with Crippen LogP contribution in [0.25, 0.3) is 110 Å². The van der Waals surface area contributed by atoms with Crippen LogP contribution in [0.1, 0.15) is 253 Å². The highest BCUT2D eigenvalue weighted by atomic mass is 16.5. The minimum Gasteiger partial charge on any atom is -0.458 e. The maximum atomic E-state index is 6.84. The number of rotatable bonds is 14. The van der Waals surface area contributed by atoms with E-state index in [0.717, 1.165) is 119 Å². The van der Waals surface area contributed by atoms with E-state index in [9.17, 15) is 0 Å². The molecule has 13 heteroatoms. The van der Waals surface area contributed by atoms with E-state index < -0.39 is 0 Å². The third-order valence-corrected chi connectivity index (χ3v) is 32.1. The lowest BCUT2D eigenvalue weighted by molar-refractivity contribution is 0.463. The summed E-state index contributed by atoms with van der Waals surface area (Å²) in [6.45, 7) is 45.4. The average molecular weight is 1890 g/mol. The third kappa shape index (κ3) is 14.9. The van der Waals surface area contributed by atoms with E-state index in [1.165, 1.54) is 165 Å². The van der Waals surface area contributed by atoms with Crippen molar-refractivity contribution in [1.82, 2.24) is 18.3 Å². The molecular formula is C132H121B3N4O6. The first-order valence-electron chi connectivity index (χ1n) is 52.7. The zero-order valence-corrected chi connectivity index (χ0v) is 86.7. The summed E-state index contributed by atoms with van der Waals surface area (Å²) in [6.07, 6.45) is 0. The van der Waals surface area contributed by atoms with Crippen molar-refractivity contribution in [3.8, 4) is 91.7 Å². The Hall–Kier alpha value is -15.1. The normalized spacial score (nSPS) is 13.3. The number of ether oxygens (including phenoxy) is 6. The van der Waals surface area contributed by atoms with Crippen molar-refractivity contribution < 1.29 is 28.4 Å². The molecule has 145 heavy (non-hydrogen) atoms. The number of benzene rings is 17. The van der Waals surface area contributed by atoms with Crippen LogP contribution in [0.15, 0.2) is 309 Å². The monoisotopic (exact) mass is 1890 g/mol. The van der Waals surface area contributed by atoms with E-state index in [0.29, 0.717) is 59.2 Å². The lowest BCUT2D eigenvalue weighted by Crippen LogP contribution is -2.57. The summed E-state index contributed by atoms with van der Waals surface area (Å²) in [4.78, 5) is 0. The number of para-hydroxylation sites is 1. The molecule has 10 heterocycles. The van der Waals surface area contributed by atoms with Gasteiger partial charge in [-0.25, -0.2) is 0 Å². The van der Waals surface area contributed by atoms with E-state index >= 15 is 0 Å². The SMILES string of the molecule is CC(C)c1ccc2c(c1)B1c3cc(C(C)C)ccc3Oc3cc(-n4c5ccc(C(C)C)cc5c5cc(C(C)C)ccc54)cc(c31)O2.CC(C)c1ccc2c(c1)c1cc(C(C)C)ccc1n2-c1ccc2c(c1)Oc1cccc3c1B2c1ccc(-n2c4ccc(C(C)C)cc4c4cc(C(C)C)ccc42)cc1O3.CC(C)c1ccc2c(c1)c1cc(C(C)C)ccc1n2-c1ccc2c(c1)Oc1cccc3c1B2c1ccccc1O3. The smallest absolute Gasteiger partial charge is 0.260 e. The van der Waals surface area contributed by atoms with Gasteiger partial charge in [0, 0.05) is 107 Å². The van der Waals surface area contributed by atoms with Crippen LogP contribution in [0, 0.1) is 0 Å². The predicted molar refractivity (Wildman–Crippen MR) is 611 cm³/mol. The van der Waals surface area contributed by atoms with E-state index in [2.05, 4.69) is 442 Å². The minimum absolute atomic E-state index is 0.0301. The van der Waals surface area contributed by atoms with Gasteiger partial charge in [0.15, 0.2) is 0 Å². The van der Waals surface area contributed by atoms with Gasteiger partial charge in [-0.3, -0.25) is 0 Å². The fraction of sp³-hybridized carbons (Fsp3) is 0.227. The Morgan fingerprint density at radius 3 is 0.614 bits per heavy atom. The standard InChI is InChI=1S/C54H49BN2O2.C42H42BNO2.C36H30BNO2/c1-30(2)34-12-20-46-40(24-34)41-25-35(31(3)4)13-21-47(41)56(46)38-16-18-44-52(28-38)58-50-10-9-11-51-54(50)55(44)45-19-17-39(29-53(45)59-51)57-48-22-14-36(32(5)6)26-42(48)43-27-37(33(7)8)15-23-49(43)57;1-23(2)27-9-13-36-32(17-27)33-18-28(24(3)4)10-14-37(33)44(36)31-21-40-42-41(22-31)46-39-16-12-30(26(7)8)20-35(39)43(42)34-19-29(25(5)6)11-15-38(34)45-40;1-21(2)23-12-16-30-26(18-23)27-19-24(22(3)4)13-17-31(27)38(30)25-14-15-29-35(20-25)40-34-11-7-10-33-36(34)37(29)28-8-5-6-9-32(28)39-33/h9-33H,1-8H3;9-26H,1-8H3;5-22H,1-4H3. The van der Waals surface area contributed by atoms with Crippen molar-refractivity contribution in [2.24, 2.45) is 0 Å². The first-order valence-corrected chi connectivity index (χ1v) is 52.7. The molecule has 17 aromatic carbocycles. The molecule has 714 valence electrons. The first-order chi connectivity index (χ1) is 70.1. The summed E-state index contributed by atoms with van der Waals surface area (Å²) in [5.41, 5.74) is 37.9. The van der Waals surface area contributed by atoms with Crippen molar-refractivity contribution in [3.63, 3.8) is 0 Å². The summed E-state index contributed by atoms with van der Waals surface area (Å²) in [5, 5.41) is 10.3. The van der Waals surface area contributed by atoms with Crippen molar-refractivity contribution in [3.05, 3.63) is 365 Å². The van der Waals surface area contributed by atoms with Crippen LogP contribution in [-0.4, -0.2) is 38.4 Å². The van der Waals surface area contributed by atoms with Gasteiger partial charge in [-0.15, -0.1) is 0 Å². The highest BCUT2D eigenvalue weighted by molar-refractivity contribution is 6.99.